The monoisotopic (exact) mass is 529 g/mol. The van der Waals surface area contributed by atoms with Crippen molar-refractivity contribution in [3.63, 3.8) is 0 Å². The first-order chi connectivity index (χ1) is 12.8. The number of hydrogen-bond donors (Lipinski definition) is 2. The Morgan fingerprint density at radius 3 is 2.48 bits per heavy atom. The number of aryl methyl sites for hydroxylation is 1. The highest BCUT2D eigenvalue weighted by molar-refractivity contribution is 9.11. The molecular formula is C17H14Br2ClN5OS. The second-order valence-electron chi connectivity index (χ2n) is 5.62. The van der Waals surface area contributed by atoms with E-state index in [9.17, 15) is 4.79 Å². The van der Waals surface area contributed by atoms with Crippen molar-refractivity contribution in [2.75, 3.05) is 16.9 Å². The average Bonchev–Trinajstić information content (AvgIpc) is 2.98. The van der Waals surface area contributed by atoms with Gasteiger partial charge in [0.25, 0.3) is 0 Å². The van der Waals surface area contributed by atoms with Gasteiger partial charge in [0.1, 0.15) is 0 Å². The number of nitrogens with zero attached hydrogens (tertiary/aromatic N) is 3. The van der Waals surface area contributed by atoms with Crippen molar-refractivity contribution in [3.8, 4) is 11.4 Å². The van der Waals surface area contributed by atoms with E-state index in [2.05, 4.69) is 47.4 Å². The van der Waals surface area contributed by atoms with Gasteiger partial charge in [-0.05, 0) is 80.7 Å². The maximum Gasteiger partial charge on any atom is 0.234 e. The second kappa shape index (κ2) is 8.64. The summed E-state index contributed by atoms with van der Waals surface area (Å²) in [5.74, 6) is 6.53. The number of hydrogen-bond acceptors (Lipinski definition) is 5. The van der Waals surface area contributed by atoms with Crippen LogP contribution in [0.3, 0.4) is 0 Å². The standard InChI is InChI=1S/C17H14Br2ClN5OS/c1-9-6-12(18)15(13(19)7-9)22-14(26)8-27-17-24-23-16(25(17)21)10-2-4-11(20)5-3-10/h2-7H,8,21H2,1H3,(H,22,26). The van der Waals surface area contributed by atoms with Crippen LogP contribution in [-0.2, 0) is 4.79 Å². The van der Waals surface area contributed by atoms with E-state index in [0.717, 1.165) is 20.1 Å². The predicted molar refractivity (Wildman–Crippen MR) is 117 cm³/mol. The fraction of sp³-hybridized carbons (Fsp3) is 0.118. The van der Waals surface area contributed by atoms with Crippen LogP contribution in [0.1, 0.15) is 5.56 Å². The van der Waals surface area contributed by atoms with E-state index in [1.54, 1.807) is 12.1 Å². The van der Waals surface area contributed by atoms with Crippen LogP contribution in [-0.4, -0.2) is 26.5 Å². The third kappa shape index (κ3) is 4.84. The van der Waals surface area contributed by atoms with Gasteiger partial charge in [-0.25, -0.2) is 4.68 Å². The number of carbonyl (C=O) groups excluding carboxylic acids is 1. The summed E-state index contributed by atoms with van der Waals surface area (Å²) in [6.45, 7) is 1.98. The topological polar surface area (TPSA) is 85.8 Å². The number of anilines is 1. The number of thioether (sulfide) groups is 1. The van der Waals surface area contributed by atoms with E-state index < -0.39 is 0 Å². The molecule has 27 heavy (non-hydrogen) atoms. The first-order valence-corrected chi connectivity index (χ1v) is 10.6. The maximum atomic E-state index is 12.3. The molecule has 3 N–H and O–H groups in total. The summed E-state index contributed by atoms with van der Waals surface area (Å²) in [4.78, 5) is 12.3. The van der Waals surface area contributed by atoms with Crippen molar-refractivity contribution in [1.82, 2.24) is 14.9 Å². The summed E-state index contributed by atoms with van der Waals surface area (Å²) in [6, 6.07) is 11.0. The molecule has 0 atom stereocenters. The van der Waals surface area contributed by atoms with E-state index in [1.807, 2.05) is 31.2 Å². The van der Waals surface area contributed by atoms with Crippen molar-refractivity contribution >= 4 is 66.8 Å². The number of nitrogens with one attached hydrogen (secondary N) is 1. The summed E-state index contributed by atoms with van der Waals surface area (Å²) in [6.07, 6.45) is 0. The van der Waals surface area contributed by atoms with Crippen molar-refractivity contribution < 1.29 is 4.79 Å². The molecule has 0 spiro atoms. The normalized spacial score (nSPS) is 10.8. The van der Waals surface area contributed by atoms with Crippen molar-refractivity contribution in [2.24, 2.45) is 0 Å². The Labute approximate surface area is 182 Å². The van der Waals surface area contributed by atoms with Crippen LogP contribution < -0.4 is 11.2 Å². The molecule has 0 saturated heterocycles. The van der Waals surface area contributed by atoms with E-state index in [-0.39, 0.29) is 11.7 Å². The molecule has 10 heteroatoms. The molecule has 0 aliphatic carbocycles. The number of nitrogen functional groups attached to an aromatic ring is 1. The van der Waals surface area contributed by atoms with Crippen LogP contribution in [0.2, 0.25) is 5.02 Å². The molecule has 0 saturated carbocycles. The minimum Gasteiger partial charge on any atom is -0.335 e. The number of benzene rings is 2. The highest BCUT2D eigenvalue weighted by atomic mass is 79.9. The molecule has 1 heterocycles. The molecule has 3 rings (SSSR count). The molecule has 0 aliphatic heterocycles. The van der Waals surface area contributed by atoms with Gasteiger partial charge in [0, 0.05) is 19.5 Å². The number of aromatic nitrogens is 3. The number of carbonyl (C=O) groups is 1. The summed E-state index contributed by atoms with van der Waals surface area (Å²) in [5.41, 5.74) is 2.55. The quantitative estimate of drug-likeness (QED) is 0.362. The highest BCUT2D eigenvalue weighted by Gasteiger charge is 2.15. The molecule has 6 nitrogen and oxygen atoms in total. The summed E-state index contributed by atoms with van der Waals surface area (Å²) in [7, 11) is 0. The molecule has 0 aliphatic rings. The van der Waals surface area contributed by atoms with Crippen molar-refractivity contribution in [2.45, 2.75) is 12.1 Å². The van der Waals surface area contributed by atoms with E-state index in [4.69, 9.17) is 17.4 Å². The van der Waals surface area contributed by atoms with Gasteiger partial charge < -0.3 is 11.2 Å². The molecule has 0 unspecified atom stereocenters. The molecule has 3 aromatic rings. The smallest absolute Gasteiger partial charge is 0.234 e. The van der Waals surface area contributed by atoms with Gasteiger partial charge >= 0.3 is 0 Å². The molecule has 1 aromatic heterocycles. The van der Waals surface area contributed by atoms with Gasteiger partial charge in [-0.15, -0.1) is 10.2 Å². The van der Waals surface area contributed by atoms with Crippen molar-refractivity contribution in [3.05, 3.63) is 55.9 Å². The zero-order chi connectivity index (χ0) is 19.6. The van der Waals surface area contributed by atoms with Gasteiger partial charge in [0.15, 0.2) is 5.82 Å². The first-order valence-electron chi connectivity index (χ1n) is 7.70. The molecular weight excluding hydrogens is 518 g/mol. The Morgan fingerprint density at radius 2 is 1.85 bits per heavy atom. The van der Waals surface area contributed by atoms with E-state index in [1.165, 1.54) is 16.4 Å². The number of nitrogens with two attached hydrogens (primary N) is 1. The van der Waals surface area contributed by atoms with Gasteiger partial charge in [0.05, 0.1) is 11.4 Å². The van der Waals surface area contributed by atoms with Crippen molar-refractivity contribution in [1.29, 1.82) is 0 Å². The van der Waals surface area contributed by atoms with Crippen LogP contribution in [0, 0.1) is 6.92 Å². The Hall–Kier alpha value is -1.55. The van der Waals surface area contributed by atoms with Crippen LogP contribution in [0.5, 0.6) is 0 Å². The van der Waals surface area contributed by atoms with Gasteiger partial charge in [-0.3, -0.25) is 4.79 Å². The SMILES string of the molecule is Cc1cc(Br)c(NC(=O)CSc2nnc(-c3ccc(Cl)cc3)n2N)c(Br)c1. The lowest BCUT2D eigenvalue weighted by molar-refractivity contribution is -0.113. The Kier molecular flexibility index (Phi) is 6.46. The number of amides is 1. The molecule has 0 radical (unpaired) electrons. The van der Waals surface area contributed by atoms with E-state index in [0.29, 0.717) is 21.7 Å². The highest BCUT2D eigenvalue weighted by Crippen LogP contribution is 2.32. The zero-order valence-corrected chi connectivity index (χ0v) is 18.8. The predicted octanol–water partition coefficient (Wildman–Crippen LogP) is 4.88. The summed E-state index contributed by atoms with van der Waals surface area (Å²) in [5, 5.41) is 12.1. The molecule has 140 valence electrons. The second-order valence-corrected chi connectivity index (χ2v) is 8.71. The zero-order valence-electron chi connectivity index (χ0n) is 14.0. The lowest BCUT2D eigenvalue weighted by atomic mass is 10.2. The van der Waals surface area contributed by atoms with E-state index >= 15 is 0 Å². The summed E-state index contributed by atoms with van der Waals surface area (Å²) >= 11 is 14.0. The van der Waals surface area contributed by atoms with Crippen LogP contribution in [0.15, 0.2) is 50.5 Å². The Bertz CT molecular complexity index is 970. The minimum absolute atomic E-state index is 0.142. The van der Waals surface area contributed by atoms with Crippen LogP contribution in [0.25, 0.3) is 11.4 Å². The Morgan fingerprint density at radius 1 is 1.22 bits per heavy atom. The van der Waals surface area contributed by atoms with Crippen LogP contribution in [0.4, 0.5) is 5.69 Å². The minimum atomic E-state index is -0.179. The average molecular weight is 532 g/mol. The van der Waals surface area contributed by atoms with Gasteiger partial charge in [0.2, 0.25) is 11.1 Å². The van der Waals surface area contributed by atoms with Crippen LogP contribution >= 0.6 is 55.2 Å². The third-order valence-corrected chi connectivity index (χ3v) is 6.00. The first kappa shape index (κ1) is 20.2. The molecule has 2 aromatic carbocycles. The lowest BCUT2D eigenvalue weighted by Crippen LogP contribution is -2.17. The number of halogens is 3. The lowest BCUT2D eigenvalue weighted by Gasteiger charge is -2.10. The molecule has 0 bridgehead atoms. The van der Waals surface area contributed by atoms with Gasteiger partial charge in [-0.2, -0.15) is 0 Å². The fourth-order valence-corrected chi connectivity index (χ4v) is 4.69. The summed E-state index contributed by atoms with van der Waals surface area (Å²) < 4.78 is 2.97. The fourth-order valence-electron chi connectivity index (χ4n) is 2.30. The molecule has 0 fully saturated rings. The maximum absolute atomic E-state index is 12.3. The third-order valence-electron chi connectivity index (χ3n) is 3.55. The Balaban J connectivity index is 1.67. The number of rotatable bonds is 5. The molecule has 1 amide bonds. The van der Waals surface area contributed by atoms with Gasteiger partial charge in [-0.1, -0.05) is 23.4 Å². The largest absolute Gasteiger partial charge is 0.335 e.